The van der Waals surface area contributed by atoms with Crippen LogP contribution in [0.15, 0.2) is 30.3 Å². The monoisotopic (exact) mass is 261 g/mol. The lowest BCUT2D eigenvalue weighted by Crippen LogP contribution is -2.04. The van der Waals surface area contributed by atoms with E-state index in [4.69, 9.17) is 4.98 Å². The molecule has 1 aromatic carbocycles. The van der Waals surface area contributed by atoms with Gasteiger partial charge in [0, 0.05) is 23.1 Å². The molecule has 2 nitrogen and oxygen atoms in total. The molecule has 0 bridgehead atoms. The number of carbonyl (C=O) groups is 1. The van der Waals surface area contributed by atoms with Crippen LogP contribution < -0.4 is 0 Å². The van der Waals surface area contributed by atoms with Crippen molar-refractivity contribution in [1.29, 1.82) is 0 Å². The van der Waals surface area contributed by atoms with Crippen LogP contribution in [0.3, 0.4) is 0 Å². The zero-order valence-corrected chi connectivity index (χ0v) is 11.2. The Balaban J connectivity index is 1.81. The zero-order chi connectivity index (χ0) is 13.3. The van der Waals surface area contributed by atoms with E-state index in [-0.39, 0.29) is 5.78 Å². The van der Waals surface area contributed by atoms with Crippen molar-refractivity contribution in [2.45, 2.75) is 37.5 Å². The van der Waals surface area contributed by atoms with E-state index in [9.17, 15) is 4.79 Å². The van der Waals surface area contributed by atoms with Gasteiger partial charge in [-0.05, 0) is 42.9 Å². The van der Waals surface area contributed by atoms with Crippen LogP contribution in [0, 0.1) is 0 Å². The van der Waals surface area contributed by atoms with Crippen molar-refractivity contribution < 1.29 is 4.79 Å². The van der Waals surface area contributed by atoms with Crippen molar-refractivity contribution in [2.75, 3.05) is 0 Å². The van der Waals surface area contributed by atoms with E-state index in [2.05, 4.69) is 12.1 Å². The summed E-state index contributed by atoms with van der Waals surface area (Å²) in [6, 6.07) is 10.2. The highest BCUT2D eigenvalue weighted by Crippen LogP contribution is 2.49. The highest BCUT2D eigenvalue weighted by molar-refractivity contribution is 6.22. The second-order valence-corrected chi connectivity index (χ2v) is 6.28. The van der Waals surface area contributed by atoms with Gasteiger partial charge in [-0.15, -0.1) is 0 Å². The SMILES string of the molecule is O=C1c2ccccc2-c2cc(C3CC3)nc(C3CC3)c21. The molecule has 2 aromatic rings. The summed E-state index contributed by atoms with van der Waals surface area (Å²) in [4.78, 5) is 17.6. The molecule has 0 atom stereocenters. The van der Waals surface area contributed by atoms with Crippen LogP contribution in [0.5, 0.6) is 0 Å². The van der Waals surface area contributed by atoms with E-state index in [1.165, 1.54) is 31.4 Å². The smallest absolute Gasteiger partial charge is 0.196 e. The van der Waals surface area contributed by atoms with Gasteiger partial charge in [0.2, 0.25) is 0 Å². The molecular formula is C18H15NO. The molecule has 2 saturated carbocycles. The summed E-state index contributed by atoms with van der Waals surface area (Å²) in [5.41, 5.74) is 6.32. The predicted octanol–water partition coefficient (Wildman–Crippen LogP) is 4.05. The van der Waals surface area contributed by atoms with Gasteiger partial charge in [-0.1, -0.05) is 24.3 Å². The van der Waals surface area contributed by atoms with Crippen LogP contribution in [0.4, 0.5) is 0 Å². The molecule has 0 aliphatic heterocycles. The lowest BCUT2D eigenvalue weighted by molar-refractivity contribution is 0.104. The fraction of sp³-hybridized carbons (Fsp3) is 0.333. The largest absolute Gasteiger partial charge is 0.288 e. The average molecular weight is 261 g/mol. The summed E-state index contributed by atoms with van der Waals surface area (Å²) in [7, 11) is 0. The molecule has 0 radical (unpaired) electrons. The van der Waals surface area contributed by atoms with Gasteiger partial charge in [-0.3, -0.25) is 9.78 Å². The lowest BCUT2D eigenvalue weighted by Gasteiger charge is -2.09. The lowest BCUT2D eigenvalue weighted by atomic mass is 10.0. The molecule has 2 fully saturated rings. The fourth-order valence-electron chi connectivity index (χ4n) is 3.33. The second-order valence-electron chi connectivity index (χ2n) is 6.28. The van der Waals surface area contributed by atoms with Crippen molar-refractivity contribution in [3.8, 4) is 11.1 Å². The van der Waals surface area contributed by atoms with Crippen molar-refractivity contribution in [1.82, 2.24) is 4.98 Å². The molecule has 1 heterocycles. The minimum absolute atomic E-state index is 0.187. The summed E-state index contributed by atoms with van der Waals surface area (Å²) >= 11 is 0. The van der Waals surface area contributed by atoms with Crippen LogP contribution in [-0.4, -0.2) is 10.8 Å². The van der Waals surface area contributed by atoms with Gasteiger partial charge in [0.1, 0.15) is 0 Å². The Morgan fingerprint density at radius 3 is 2.30 bits per heavy atom. The Morgan fingerprint density at radius 2 is 1.60 bits per heavy atom. The van der Waals surface area contributed by atoms with E-state index in [1.807, 2.05) is 18.2 Å². The number of nitrogens with zero attached hydrogens (tertiary/aromatic N) is 1. The third kappa shape index (κ3) is 1.39. The van der Waals surface area contributed by atoms with E-state index >= 15 is 0 Å². The topological polar surface area (TPSA) is 30.0 Å². The van der Waals surface area contributed by atoms with Crippen molar-refractivity contribution in [2.24, 2.45) is 0 Å². The van der Waals surface area contributed by atoms with Crippen LogP contribution in [-0.2, 0) is 0 Å². The van der Waals surface area contributed by atoms with Gasteiger partial charge in [0.05, 0.1) is 11.3 Å². The van der Waals surface area contributed by atoms with Gasteiger partial charge in [-0.25, -0.2) is 0 Å². The van der Waals surface area contributed by atoms with Crippen molar-refractivity contribution in [3.05, 3.63) is 52.8 Å². The van der Waals surface area contributed by atoms with Crippen LogP contribution >= 0.6 is 0 Å². The fourth-order valence-corrected chi connectivity index (χ4v) is 3.33. The van der Waals surface area contributed by atoms with E-state index in [0.29, 0.717) is 11.8 Å². The van der Waals surface area contributed by atoms with E-state index in [1.54, 1.807) is 0 Å². The number of benzene rings is 1. The molecule has 0 spiro atoms. The second kappa shape index (κ2) is 3.57. The highest BCUT2D eigenvalue weighted by atomic mass is 16.1. The van der Waals surface area contributed by atoms with Gasteiger partial charge >= 0.3 is 0 Å². The van der Waals surface area contributed by atoms with Crippen molar-refractivity contribution in [3.63, 3.8) is 0 Å². The Labute approximate surface area is 117 Å². The molecule has 98 valence electrons. The number of hydrogen-bond donors (Lipinski definition) is 0. The molecule has 0 amide bonds. The number of fused-ring (bicyclic) bond motifs is 3. The standard InChI is InChI=1S/C18H15NO/c20-18-13-4-2-1-3-12(13)14-9-15(10-5-6-10)19-17(16(14)18)11-7-8-11/h1-4,9-11H,5-8H2. The number of hydrogen-bond acceptors (Lipinski definition) is 2. The molecule has 0 N–H and O–H groups in total. The number of aromatic nitrogens is 1. The van der Waals surface area contributed by atoms with Gasteiger partial charge in [0.25, 0.3) is 0 Å². The Kier molecular flexibility index (Phi) is 1.93. The molecule has 5 rings (SSSR count). The first-order valence-electron chi connectivity index (χ1n) is 7.52. The van der Waals surface area contributed by atoms with Crippen molar-refractivity contribution >= 4 is 5.78 Å². The quantitative estimate of drug-likeness (QED) is 0.696. The normalized spacial score (nSPS) is 19.9. The third-order valence-electron chi connectivity index (χ3n) is 4.72. The number of ketones is 1. The maximum Gasteiger partial charge on any atom is 0.196 e. The molecule has 20 heavy (non-hydrogen) atoms. The summed E-state index contributed by atoms with van der Waals surface area (Å²) in [5, 5.41) is 0. The molecular weight excluding hydrogens is 246 g/mol. The average Bonchev–Trinajstić information content (AvgIpc) is 3.38. The van der Waals surface area contributed by atoms with Crippen LogP contribution in [0.25, 0.3) is 11.1 Å². The predicted molar refractivity (Wildman–Crippen MR) is 77.1 cm³/mol. The molecule has 0 saturated heterocycles. The Hall–Kier alpha value is -1.96. The van der Waals surface area contributed by atoms with Crippen LogP contribution in [0.2, 0.25) is 0 Å². The first-order valence-corrected chi connectivity index (χ1v) is 7.52. The number of carbonyl (C=O) groups excluding carboxylic acids is 1. The third-order valence-corrected chi connectivity index (χ3v) is 4.72. The molecule has 2 heteroatoms. The van der Waals surface area contributed by atoms with Gasteiger partial charge in [0.15, 0.2) is 5.78 Å². The minimum atomic E-state index is 0.187. The summed E-state index contributed by atoms with van der Waals surface area (Å²) in [6.45, 7) is 0. The molecule has 3 aliphatic rings. The van der Waals surface area contributed by atoms with Crippen LogP contribution in [0.1, 0.15) is 64.8 Å². The highest BCUT2D eigenvalue weighted by Gasteiger charge is 2.38. The maximum absolute atomic E-state index is 12.7. The maximum atomic E-state index is 12.7. The summed E-state index contributed by atoms with van der Waals surface area (Å²) < 4.78 is 0. The molecule has 3 aliphatic carbocycles. The molecule has 1 aromatic heterocycles. The van der Waals surface area contributed by atoms with Gasteiger partial charge in [-0.2, -0.15) is 0 Å². The summed E-state index contributed by atoms with van der Waals surface area (Å²) in [6.07, 6.45) is 4.89. The first kappa shape index (κ1) is 10.8. The Bertz CT molecular complexity index is 754. The van der Waals surface area contributed by atoms with Gasteiger partial charge < -0.3 is 0 Å². The van der Waals surface area contributed by atoms with E-state index in [0.717, 1.165) is 27.9 Å². The zero-order valence-electron chi connectivity index (χ0n) is 11.2. The molecule has 0 unspecified atom stereocenters. The first-order chi connectivity index (χ1) is 9.83. The number of pyridine rings is 1. The number of rotatable bonds is 2. The Morgan fingerprint density at radius 1 is 0.900 bits per heavy atom. The minimum Gasteiger partial charge on any atom is -0.288 e. The van der Waals surface area contributed by atoms with E-state index < -0.39 is 0 Å². The summed E-state index contributed by atoms with van der Waals surface area (Å²) in [5.74, 6) is 1.36.